The van der Waals surface area contributed by atoms with Gasteiger partial charge in [0.25, 0.3) is 0 Å². The second-order valence-corrected chi connectivity index (χ2v) is 4.17. The average Bonchev–Trinajstić information content (AvgIpc) is 2.32. The number of carbonyl (C=O) groups excluding carboxylic acids is 2. The van der Waals surface area contributed by atoms with E-state index in [9.17, 15) is 19.2 Å². The maximum Gasteiger partial charge on any atom is 0.321 e. The Hall–Kier alpha value is -1.80. The number of carbonyl (C=O) groups is 4. The molecule has 0 heterocycles. The highest BCUT2D eigenvalue weighted by Gasteiger charge is 2.16. The first-order valence-electron chi connectivity index (χ1n) is 5.94. The number of nitrogens with one attached hydrogen (secondary N) is 2. The van der Waals surface area contributed by atoms with E-state index < -0.39 is 24.0 Å². The van der Waals surface area contributed by atoms with Crippen LogP contribution in [0.4, 0.5) is 0 Å². The van der Waals surface area contributed by atoms with E-state index in [1.165, 1.54) is 27.9 Å². The van der Waals surface area contributed by atoms with E-state index in [2.05, 4.69) is 10.6 Å². The Morgan fingerprint density at radius 1 is 0.800 bits per heavy atom. The second-order valence-electron chi connectivity index (χ2n) is 4.17. The van der Waals surface area contributed by atoms with E-state index in [0.29, 0.717) is 0 Å². The van der Waals surface area contributed by atoms with Gasteiger partial charge in [0.1, 0.15) is 23.7 Å². The fraction of sp³-hybridized carbons (Fsp3) is 0.667. The third kappa shape index (κ3) is 11.3. The van der Waals surface area contributed by atoms with Gasteiger partial charge >= 0.3 is 11.9 Å². The van der Waals surface area contributed by atoms with Crippen molar-refractivity contribution in [3.8, 4) is 0 Å². The Morgan fingerprint density at radius 3 is 1.10 bits per heavy atom. The predicted molar refractivity (Wildman–Crippen MR) is 71.6 cm³/mol. The van der Waals surface area contributed by atoms with Crippen molar-refractivity contribution < 1.29 is 29.4 Å². The van der Waals surface area contributed by atoms with Crippen LogP contribution in [0.15, 0.2) is 0 Å². The van der Waals surface area contributed by atoms with Gasteiger partial charge in [0.15, 0.2) is 0 Å². The standard InChI is InChI=1S/2C6H11NO3/c2*1-4(8)3-5(7-2)6(9)10/h2*5,7H,3H2,1-2H3,(H,9,10). The molecule has 8 heteroatoms. The van der Waals surface area contributed by atoms with Crippen LogP contribution in [0.3, 0.4) is 0 Å². The van der Waals surface area contributed by atoms with Gasteiger partial charge in [0.05, 0.1) is 0 Å². The van der Waals surface area contributed by atoms with Gasteiger partial charge in [-0.15, -0.1) is 0 Å². The van der Waals surface area contributed by atoms with Crippen LogP contribution in [0, 0.1) is 0 Å². The third-order valence-electron chi connectivity index (χ3n) is 2.28. The molecule has 0 rings (SSSR count). The van der Waals surface area contributed by atoms with Crippen molar-refractivity contribution in [1.82, 2.24) is 10.6 Å². The summed E-state index contributed by atoms with van der Waals surface area (Å²) >= 11 is 0. The molecule has 0 aromatic carbocycles. The summed E-state index contributed by atoms with van der Waals surface area (Å²) in [4.78, 5) is 41.3. The van der Waals surface area contributed by atoms with Crippen molar-refractivity contribution in [2.75, 3.05) is 14.1 Å². The third-order valence-corrected chi connectivity index (χ3v) is 2.28. The van der Waals surface area contributed by atoms with Crippen LogP contribution in [-0.2, 0) is 19.2 Å². The van der Waals surface area contributed by atoms with Gasteiger partial charge < -0.3 is 20.8 Å². The quantitative estimate of drug-likeness (QED) is 0.460. The summed E-state index contributed by atoms with van der Waals surface area (Å²) in [5, 5.41) is 21.8. The van der Waals surface area contributed by atoms with Crippen LogP contribution < -0.4 is 10.6 Å². The Balaban J connectivity index is 0. The minimum Gasteiger partial charge on any atom is -0.480 e. The summed E-state index contributed by atoms with van der Waals surface area (Å²) in [6.07, 6.45) is 0.0949. The summed E-state index contributed by atoms with van der Waals surface area (Å²) in [6, 6.07) is -1.48. The zero-order valence-electron chi connectivity index (χ0n) is 12.1. The first-order valence-corrected chi connectivity index (χ1v) is 5.94. The SMILES string of the molecule is CNC(CC(C)=O)C(=O)O.CNC(CC(C)=O)C(=O)O. The van der Waals surface area contributed by atoms with Crippen LogP contribution >= 0.6 is 0 Å². The Morgan fingerprint density at radius 2 is 1.05 bits per heavy atom. The molecule has 0 saturated heterocycles. The fourth-order valence-corrected chi connectivity index (χ4v) is 1.20. The van der Waals surface area contributed by atoms with Crippen LogP contribution in [0.1, 0.15) is 26.7 Å². The molecule has 2 atom stereocenters. The lowest BCUT2D eigenvalue weighted by atomic mass is 10.1. The van der Waals surface area contributed by atoms with Crippen molar-refractivity contribution in [3.05, 3.63) is 0 Å². The lowest BCUT2D eigenvalue weighted by molar-refractivity contribution is -0.141. The molecule has 20 heavy (non-hydrogen) atoms. The minimum absolute atomic E-state index is 0.0475. The normalized spacial score (nSPS) is 12.6. The van der Waals surface area contributed by atoms with Gasteiger partial charge in [-0.2, -0.15) is 0 Å². The number of carboxylic acids is 2. The molecule has 0 aliphatic carbocycles. The minimum atomic E-state index is -0.988. The van der Waals surface area contributed by atoms with Gasteiger partial charge in [-0.05, 0) is 27.9 Å². The molecule has 0 radical (unpaired) electrons. The number of likely N-dealkylation sites (N-methyl/N-ethyl adjacent to an activating group) is 2. The van der Waals surface area contributed by atoms with Crippen LogP contribution in [0.2, 0.25) is 0 Å². The fourth-order valence-electron chi connectivity index (χ4n) is 1.20. The monoisotopic (exact) mass is 290 g/mol. The maximum atomic E-state index is 10.4. The Kier molecular flexibility index (Phi) is 11.3. The molecule has 0 spiro atoms. The second kappa shape index (κ2) is 11.1. The number of hydrogen-bond acceptors (Lipinski definition) is 6. The first kappa shape index (κ1) is 20.5. The van der Waals surface area contributed by atoms with Gasteiger partial charge in [0.2, 0.25) is 0 Å². The summed E-state index contributed by atoms with van der Waals surface area (Å²) in [5.41, 5.74) is 0. The van der Waals surface area contributed by atoms with E-state index in [1.54, 1.807) is 0 Å². The average molecular weight is 290 g/mol. The van der Waals surface area contributed by atoms with E-state index in [1.807, 2.05) is 0 Å². The number of carboxylic acid groups (broad SMARTS) is 2. The van der Waals surface area contributed by atoms with E-state index in [4.69, 9.17) is 10.2 Å². The van der Waals surface area contributed by atoms with Crippen molar-refractivity contribution >= 4 is 23.5 Å². The summed E-state index contributed by atoms with van der Waals surface area (Å²) in [6.45, 7) is 2.74. The van der Waals surface area contributed by atoms with Crippen molar-refractivity contribution in [2.45, 2.75) is 38.8 Å². The molecular formula is C12H22N2O6. The Labute approximate surface area is 117 Å². The summed E-state index contributed by atoms with van der Waals surface area (Å²) in [5.74, 6) is -2.22. The smallest absolute Gasteiger partial charge is 0.321 e. The van der Waals surface area contributed by atoms with Crippen molar-refractivity contribution in [2.24, 2.45) is 0 Å². The van der Waals surface area contributed by atoms with Gasteiger partial charge in [-0.3, -0.25) is 19.2 Å². The molecule has 0 fully saturated rings. The van der Waals surface area contributed by atoms with Gasteiger partial charge in [-0.25, -0.2) is 0 Å². The molecule has 0 saturated carbocycles. The molecule has 2 unspecified atom stereocenters. The lowest BCUT2D eigenvalue weighted by Gasteiger charge is -2.06. The van der Waals surface area contributed by atoms with Crippen LogP contribution in [-0.4, -0.2) is 59.9 Å². The zero-order valence-corrected chi connectivity index (χ0v) is 12.1. The number of Topliss-reactive ketones (excluding diaryl/α,β-unsaturated/α-hetero) is 2. The highest BCUT2D eigenvalue weighted by atomic mass is 16.4. The number of rotatable bonds is 8. The van der Waals surface area contributed by atoms with Crippen LogP contribution in [0.5, 0.6) is 0 Å². The summed E-state index contributed by atoms with van der Waals surface area (Å²) < 4.78 is 0. The first-order chi connectivity index (χ1) is 9.15. The lowest BCUT2D eigenvalue weighted by Crippen LogP contribution is -2.35. The molecule has 0 amide bonds. The maximum absolute atomic E-state index is 10.4. The van der Waals surface area contributed by atoms with E-state index in [0.717, 1.165) is 0 Å². The van der Waals surface area contributed by atoms with Crippen molar-refractivity contribution in [1.29, 1.82) is 0 Å². The molecule has 0 aliphatic rings. The number of hydrogen-bond donors (Lipinski definition) is 4. The molecule has 0 aromatic heterocycles. The zero-order chi connectivity index (χ0) is 16.3. The van der Waals surface area contributed by atoms with E-state index >= 15 is 0 Å². The topological polar surface area (TPSA) is 133 Å². The largest absolute Gasteiger partial charge is 0.480 e. The van der Waals surface area contributed by atoms with Crippen LogP contribution in [0.25, 0.3) is 0 Å². The highest BCUT2D eigenvalue weighted by Crippen LogP contribution is 1.92. The van der Waals surface area contributed by atoms with Crippen molar-refractivity contribution in [3.63, 3.8) is 0 Å². The number of aliphatic carboxylic acids is 2. The Bertz CT molecular complexity index is 322. The molecule has 0 aromatic rings. The molecule has 0 bridgehead atoms. The molecular weight excluding hydrogens is 268 g/mol. The molecule has 0 aliphatic heterocycles. The van der Waals surface area contributed by atoms with Gasteiger partial charge in [0, 0.05) is 12.8 Å². The van der Waals surface area contributed by atoms with E-state index in [-0.39, 0.29) is 24.4 Å². The predicted octanol–water partition coefficient (Wildman–Crippen LogP) is -0.724. The molecule has 4 N–H and O–H groups in total. The molecule has 116 valence electrons. The number of ketones is 2. The highest BCUT2D eigenvalue weighted by molar-refractivity contribution is 5.84. The molecule has 8 nitrogen and oxygen atoms in total. The summed E-state index contributed by atoms with van der Waals surface area (Å²) in [7, 11) is 3.03. The van der Waals surface area contributed by atoms with Gasteiger partial charge in [-0.1, -0.05) is 0 Å².